The first-order valence-corrected chi connectivity index (χ1v) is 7.03. The van der Waals surface area contributed by atoms with Crippen LogP contribution in [0.1, 0.15) is 28.2 Å². The highest BCUT2D eigenvalue weighted by Gasteiger charge is 2.17. The number of hydrogen-bond donors (Lipinski definition) is 1. The number of carbonyl (C=O) groups excluding carboxylic acids is 1. The molecule has 2 aromatic rings. The van der Waals surface area contributed by atoms with Gasteiger partial charge in [0.2, 0.25) is 0 Å². The molecule has 0 fully saturated rings. The van der Waals surface area contributed by atoms with Gasteiger partial charge in [-0.1, -0.05) is 17.7 Å². The quantitative estimate of drug-likeness (QED) is 0.689. The summed E-state index contributed by atoms with van der Waals surface area (Å²) in [7, 11) is 0. The minimum absolute atomic E-state index is 0.0649. The van der Waals surface area contributed by atoms with Crippen molar-refractivity contribution in [3.63, 3.8) is 0 Å². The van der Waals surface area contributed by atoms with E-state index in [-0.39, 0.29) is 28.2 Å². The van der Waals surface area contributed by atoms with Crippen LogP contribution in [0.3, 0.4) is 0 Å². The van der Waals surface area contributed by atoms with Crippen LogP contribution in [-0.4, -0.2) is 10.8 Å². The molecule has 2 rings (SSSR count). The highest BCUT2D eigenvalue weighted by molar-refractivity contribution is 7.10. The number of halogens is 1. The highest BCUT2D eigenvalue weighted by atomic mass is 35.5. The number of thiophene rings is 1. The molecule has 0 spiro atoms. The zero-order chi connectivity index (χ0) is 14.7. The third kappa shape index (κ3) is 3.15. The molecular formula is C13H11ClN2O3S. The zero-order valence-electron chi connectivity index (χ0n) is 10.5. The first-order valence-electron chi connectivity index (χ1n) is 5.77. The van der Waals surface area contributed by atoms with Gasteiger partial charge in [0.25, 0.3) is 11.6 Å². The number of benzene rings is 1. The lowest BCUT2D eigenvalue weighted by Crippen LogP contribution is -2.26. The van der Waals surface area contributed by atoms with Crippen LogP contribution in [0, 0.1) is 10.1 Å². The SMILES string of the molecule is C[C@@H](NC(=O)c1ccc([N+](=O)[O-])cc1Cl)c1cccs1. The van der Waals surface area contributed by atoms with E-state index in [1.807, 2.05) is 24.4 Å². The molecule has 0 saturated carbocycles. The maximum Gasteiger partial charge on any atom is 0.270 e. The lowest BCUT2D eigenvalue weighted by molar-refractivity contribution is -0.384. The monoisotopic (exact) mass is 310 g/mol. The fraction of sp³-hybridized carbons (Fsp3) is 0.154. The van der Waals surface area contributed by atoms with Gasteiger partial charge in [-0.2, -0.15) is 0 Å². The Hall–Kier alpha value is -1.92. The van der Waals surface area contributed by atoms with Gasteiger partial charge < -0.3 is 5.32 Å². The van der Waals surface area contributed by atoms with Gasteiger partial charge in [-0.3, -0.25) is 14.9 Å². The molecule has 0 bridgehead atoms. The average molecular weight is 311 g/mol. The van der Waals surface area contributed by atoms with Gasteiger partial charge in [0.05, 0.1) is 21.6 Å². The van der Waals surface area contributed by atoms with Crippen LogP contribution >= 0.6 is 22.9 Å². The first kappa shape index (κ1) is 14.5. The number of nitro benzene ring substituents is 1. The smallest absolute Gasteiger partial charge is 0.270 e. The van der Waals surface area contributed by atoms with Crippen molar-refractivity contribution in [2.45, 2.75) is 13.0 Å². The lowest BCUT2D eigenvalue weighted by atomic mass is 10.1. The highest BCUT2D eigenvalue weighted by Crippen LogP contribution is 2.24. The Morgan fingerprint density at radius 2 is 2.20 bits per heavy atom. The molecule has 1 aromatic carbocycles. The van der Waals surface area contributed by atoms with E-state index in [4.69, 9.17) is 11.6 Å². The molecule has 0 aliphatic rings. The third-order valence-electron chi connectivity index (χ3n) is 2.73. The minimum Gasteiger partial charge on any atom is -0.345 e. The van der Waals surface area contributed by atoms with E-state index in [2.05, 4.69) is 5.32 Å². The molecule has 1 aromatic heterocycles. The van der Waals surface area contributed by atoms with Crippen LogP contribution in [0.15, 0.2) is 35.7 Å². The molecule has 0 radical (unpaired) electrons. The second-order valence-corrected chi connectivity index (χ2v) is 5.52. The Labute approximate surface area is 124 Å². The number of carbonyl (C=O) groups is 1. The summed E-state index contributed by atoms with van der Waals surface area (Å²) in [5.74, 6) is -0.356. The van der Waals surface area contributed by atoms with E-state index in [0.29, 0.717) is 0 Å². The van der Waals surface area contributed by atoms with Crippen molar-refractivity contribution in [2.75, 3.05) is 0 Å². The molecule has 1 atom stereocenters. The fourth-order valence-corrected chi connectivity index (χ4v) is 2.68. The second kappa shape index (κ2) is 6.02. The van der Waals surface area contributed by atoms with E-state index in [0.717, 1.165) is 4.88 Å². The number of rotatable bonds is 4. The van der Waals surface area contributed by atoms with Crippen LogP contribution in [-0.2, 0) is 0 Å². The van der Waals surface area contributed by atoms with Crippen molar-refractivity contribution >= 4 is 34.5 Å². The Morgan fingerprint density at radius 1 is 1.45 bits per heavy atom. The van der Waals surface area contributed by atoms with Crippen molar-refractivity contribution in [1.29, 1.82) is 0 Å². The molecule has 1 N–H and O–H groups in total. The van der Waals surface area contributed by atoms with Crippen LogP contribution in [0.4, 0.5) is 5.69 Å². The van der Waals surface area contributed by atoms with Crippen LogP contribution in [0.2, 0.25) is 5.02 Å². The van der Waals surface area contributed by atoms with Gasteiger partial charge in [0.15, 0.2) is 0 Å². The van der Waals surface area contributed by atoms with Gasteiger partial charge in [-0.05, 0) is 24.4 Å². The predicted octanol–water partition coefficient (Wildman–Crippen LogP) is 3.80. The molecule has 0 unspecified atom stereocenters. The Balaban J connectivity index is 2.15. The molecule has 1 amide bonds. The van der Waals surface area contributed by atoms with Gasteiger partial charge in [0.1, 0.15) is 0 Å². The van der Waals surface area contributed by atoms with Crippen LogP contribution < -0.4 is 5.32 Å². The zero-order valence-corrected chi connectivity index (χ0v) is 12.1. The van der Waals surface area contributed by atoms with Crippen molar-refractivity contribution in [3.8, 4) is 0 Å². The Bertz CT molecular complexity index is 643. The molecule has 20 heavy (non-hydrogen) atoms. The summed E-state index contributed by atoms with van der Waals surface area (Å²) in [4.78, 5) is 23.2. The third-order valence-corrected chi connectivity index (χ3v) is 4.09. The van der Waals surface area contributed by atoms with Crippen molar-refractivity contribution < 1.29 is 9.72 Å². The summed E-state index contributed by atoms with van der Waals surface area (Å²) in [6.07, 6.45) is 0. The predicted molar refractivity (Wildman–Crippen MR) is 78.3 cm³/mol. The molecule has 0 saturated heterocycles. The second-order valence-electron chi connectivity index (χ2n) is 4.13. The standard InChI is InChI=1S/C13H11ClN2O3S/c1-8(12-3-2-6-20-12)15-13(17)10-5-4-9(16(18)19)7-11(10)14/h2-8H,1H3,(H,15,17)/t8-/m1/s1. The fourth-order valence-electron chi connectivity index (χ4n) is 1.68. The van der Waals surface area contributed by atoms with Crippen molar-refractivity contribution in [2.24, 2.45) is 0 Å². The first-order chi connectivity index (χ1) is 9.49. The molecule has 7 heteroatoms. The van der Waals surface area contributed by atoms with Gasteiger partial charge in [-0.25, -0.2) is 0 Å². The van der Waals surface area contributed by atoms with Crippen molar-refractivity contribution in [3.05, 3.63) is 61.3 Å². The van der Waals surface area contributed by atoms with Gasteiger partial charge in [-0.15, -0.1) is 11.3 Å². The topological polar surface area (TPSA) is 72.2 Å². The summed E-state index contributed by atoms with van der Waals surface area (Å²) in [6, 6.07) is 7.47. The summed E-state index contributed by atoms with van der Waals surface area (Å²) in [5.41, 5.74) is 0.0820. The van der Waals surface area contributed by atoms with Crippen LogP contribution in [0.5, 0.6) is 0 Å². The normalized spacial score (nSPS) is 11.9. The molecule has 5 nitrogen and oxygen atoms in total. The van der Waals surface area contributed by atoms with Gasteiger partial charge in [0, 0.05) is 17.0 Å². The summed E-state index contributed by atoms with van der Waals surface area (Å²) < 4.78 is 0. The van der Waals surface area contributed by atoms with E-state index >= 15 is 0 Å². The maximum atomic E-state index is 12.1. The number of nitrogens with zero attached hydrogens (tertiary/aromatic N) is 1. The molecule has 104 valence electrons. The van der Waals surface area contributed by atoms with E-state index in [1.165, 1.54) is 18.2 Å². The number of nitrogens with one attached hydrogen (secondary N) is 1. The summed E-state index contributed by atoms with van der Waals surface area (Å²) >= 11 is 7.46. The number of amides is 1. The van der Waals surface area contributed by atoms with E-state index in [1.54, 1.807) is 11.3 Å². The van der Waals surface area contributed by atoms with Gasteiger partial charge >= 0.3 is 0 Å². The lowest BCUT2D eigenvalue weighted by Gasteiger charge is -2.12. The molecule has 1 heterocycles. The Kier molecular flexibility index (Phi) is 4.36. The van der Waals surface area contributed by atoms with Crippen molar-refractivity contribution in [1.82, 2.24) is 5.32 Å². The molecule has 0 aliphatic heterocycles. The Morgan fingerprint density at radius 3 is 2.75 bits per heavy atom. The minimum atomic E-state index is -0.554. The molecule has 0 aliphatic carbocycles. The summed E-state index contributed by atoms with van der Waals surface area (Å²) in [5, 5.41) is 15.4. The van der Waals surface area contributed by atoms with Crippen LogP contribution in [0.25, 0.3) is 0 Å². The maximum absolute atomic E-state index is 12.1. The molecular weight excluding hydrogens is 300 g/mol. The number of nitro groups is 1. The van der Waals surface area contributed by atoms with E-state index < -0.39 is 4.92 Å². The van der Waals surface area contributed by atoms with E-state index in [9.17, 15) is 14.9 Å². The number of hydrogen-bond acceptors (Lipinski definition) is 4. The largest absolute Gasteiger partial charge is 0.345 e. The number of non-ortho nitro benzene ring substituents is 1. The summed E-state index contributed by atoms with van der Waals surface area (Å²) in [6.45, 7) is 1.86. The average Bonchev–Trinajstić information content (AvgIpc) is 2.92.